The first kappa shape index (κ1) is 37.1. The van der Waals surface area contributed by atoms with E-state index in [1.54, 1.807) is 24.3 Å². The molecular formula is C40H44N4O7Si. The van der Waals surface area contributed by atoms with Crippen molar-refractivity contribution in [2.75, 3.05) is 19.8 Å². The highest BCUT2D eigenvalue weighted by atomic mass is 28.3. The number of hydrogen-bond donors (Lipinski definition) is 1. The minimum absolute atomic E-state index is 0.0285. The van der Waals surface area contributed by atoms with Gasteiger partial charge in [-0.1, -0.05) is 119 Å². The molecule has 1 saturated heterocycles. The molecular weight excluding hydrogens is 677 g/mol. The van der Waals surface area contributed by atoms with Gasteiger partial charge in [0.1, 0.15) is 24.4 Å². The van der Waals surface area contributed by atoms with Crippen molar-refractivity contribution in [2.45, 2.75) is 69.2 Å². The maximum absolute atomic E-state index is 14.6. The van der Waals surface area contributed by atoms with Crippen molar-refractivity contribution >= 4 is 31.0 Å². The number of carbonyl (C=O) groups is 2. The predicted molar refractivity (Wildman–Crippen MR) is 199 cm³/mol. The molecule has 0 spiro atoms. The molecule has 5 atom stereocenters. The molecule has 0 bridgehead atoms. The molecule has 4 aromatic rings. The average Bonchev–Trinajstić information content (AvgIpc) is 3.40. The van der Waals surface area contributed by atoms with E-state index in [-0.39, 0.29) is 37.5 Å². The van der Waals surface area contributed by atoms with Gasteiger partial charge in [-0.2, -0.15) is 0 Å². The van der Waals surface area contributed by atoms with Gasteiger partial charge < -0.3 is 24.1 Å². The summed E-state index contributed by atoms with van der Waals surface area (Å²) in [5.74, 6) is -1.06. The third-order valence-corrected chi connectivity index (χ3v) is 12.9. The summed E-state index contributed by atoms with van der Waals surface area (Å²) in [6.45, 7) is 6.00. The monoisotopic (exact) mass is 720 g/mol. The van der Waals surface area contributed by atoms with Crippen molar-refractivity contribution in [3.05, 3.63) is 142 Å². The fraction of sp³-hybridized carbons (Fsp3) is 0.350. The van der Waals surface area contributed by atoms with Crippen molar-refractivity contribution < 1.29 is 33.6 Å². The predicted octanol–water partition coefficient (Wildman–Crippen LogP) is 4.81. The van der Waals surface area contributed by atoms with Crippen LogP contribution in [-0.2, 0) is 25.6 Å². The number of aliphatic hydroxyl groups is 1. The van der Waals surface area contributed by atoms with E-state index in [4.69, 9.17) is 24.5 Å². The van der Waals surface area contributed by atoms with Crippen molar-refractivity contribution in [3.8, 4) is 0 Å². The third-order valence-electron chi connectivity index (χ3n) is 9.31. The maximum Gasteiger partial charge on any atom is 0.262 e. The molecule has 0 unspecified atom stereocenters. The molecule has 2 aliphatic heterocycles. The largest absolute Gasteiger partial charge is 0.388 e. The molecule has 2 aliphatic rings. The van der Waals surface area contributed by atoms with Crippen LogP contribution >= 0.6 is 0 Å². The van der Waals surface area contributed by atoms with Crippen LogP contribution in [-0.4, -0.2) is 85.7 Å². The highest BCUT2D eigenvalue weighted by molar-refractivity contribution is 6.87. The Kier molecular flexibility index (Phi) is 11.7. The Morgan fingerprint density at radius 1 is 0.865 bits per heavy atom. The van der Waals surface area contributed by atoms with Gasteiger partial charge in [0.05, 0.1) is 29.9 Å². The topological polar surface area (TPSA) is 143 Å². The molecule has 0 saturated carbocycles. The maximum atomic E-state index is 14.6. The van der Waals surface area contributed by atoms with Crippen LogP contribution in [0.4, 0.5) is 0 Å². The molecule has 1 fully saturated rings. The average molecular weight is 721 g/mol. The summed E-state index contributed by atoms with van der Waals surface area (Å²) in [5, 5.41) is 17.9. The first-order valence-corrected chi connectivity index (χ1v) is 19.2. The molecule has 11 nitrogen and oxygen atoms in total. The van der Waals surface area contributed by atoms with Gasteiger partial charge in [0.2, 0.25) is 0 Å². The summed E-state index contributed by atoms with van der Waals surface area (Å²) in [6, 6.07) is 34.5. The Morgan fingerprint density at radius 2 is 1.40 bits per heavy atom. The number of imide groups is 1. The summed E-state index contributed by atoms with van der Waals surface area (Å²) in [5.41, 5.74) is 8.04. The van der Waals surface area contributed by atoms with Gasteiger partial charge in [-0.25, -0.2) is 0 Å². The zero-order chi connectivity index (χ0) is 36.7. The number of rotatable bonds is 14. The van der Waals surface area contributed by atoms with Crippen molar-refractivity contribution in [2.24, 2.45) is 5.11 Å². The van der Waals surface area contributed by atoms with Gasteiger partial charge in [0, 0.05) is 18.1 Å². The van der Waals surface area contributed by atoms with Gasteiger partial charge in [0.15, 0.2) is 14.2 Å². The minimum Gasteiger partial charge on any atom is -0.388 e. The van der Waals surface area contributed by atoms with Gasteiger partial charge >= 0.3 is 0 Å². The van der Waals surface area contributed by atoms with Crippen LogP contribution in [0.5, 0.6) is 0 Å². The standard InChI is InChI=1S/C40H44N4O7Si/c1-39(2,3)50-27-33-34(45)35(48-26-28-16-7-4-8-17-28)36(44-37(46)31-22-13-14-23-32(31)38(44)47)40(51-33,49-25-15-24-42-43-41)52(29-18-9-5-10-19-29)30-20-11-6-12-21-30/h4-14,16-23,33-36,45,52H,15,24-27H2,1-3H3/t33-,34-,35+,36-,40+/m1/s1. The molecule has 2 amide bonds. The molecule has 52 heavy (non-hydrogen) atoms. The summed E-state index contributed by atoms with van der Waals surface area (Å²) in [6.07, 6.45) is -3.19. The van der Waals surface area contributed by atoms with Crippen LogP contribution in [0, 0.1) is 0 Å². The van der Waals surface area contributed by atoms with E-state index in [9.17, 15) is 14.7 Å². The second kappa shape index (κ2) is 16.4. The smallest absolute Gasteiger partial charge is 0.262 e. The second-order valence-corrected chi connectivity index (χ2v) is 16.9. The van der Waals surface area contributed by atoms with Crippen LogP contribution in [0.25, 0.3) is 10.4 Å². The van der Waals surface area contributed by atoms with Crippen molar-refractivity contribution in [1.29, 1.82) is 0 Å². The lowest BCUT2D eigenvalue weighted by atomic mass is 9.94. The molecule has 2 heterocycles. The number of ether oxygens (including phenoxy) is 4. The second-order valence-electron chi connectivity index (χ2n) is 13.9. The van der Waals surface area contributed by atoms with Gasteiger partial charge in [-0.3, -0.25) is 14.5 Å². The van der Waals surface area contributed by atoms with Crippen LogP contribution in [0.1, 0.15) is 53.5 Å². The van der Waals surface area contributed by atoms with E-state index in [1.807, 2.05) is 112 Å². The lowest BCUT2D eigenvalue weighted by Gasteiger charge is -2.56. The van der Waals surface area contributed by atoms with E-state index in [1.165, 1.54) is 4.90 Å². The summed E-state index contributed by atoms with van der Waals surface area (Å²) < 4.78 is 27.3. The third kappa shape index (κ3) is 7.89. The van der Waals surface area contributed by atoms with Crippen LogP contribution < -0.4 is 10.4 Å². The van der Waals surface area contributed by atoms with E-state index >= 15 is 0 Å². The Labute approximate surface area is 305 Å². The molecule has 1 N–H and O–H groups in total. The van der Waals surface area contributed by atoms with Crippen LogP contribution in [0.3, 0.4) is 0 Å². The molecule has 270 valence electrons. The number of benzene rings is 4. The molecule has 4 aromatic carbocycles. The zero-order valence-electron chi connectivity index (χ0n) is 29.6. The Balaban J connectivity index is 1.60. The first-order valence-electron chi connectivity index (χ1n) is 17.5. The number of azide groups is 1. The highest BCUT2D eigenvalue weighted by Gasteiger charge is 2.65. The fourth-order valence-corrected chi connectivity index (χ4v) is 10.8. The molecule has 0 radical (unpaired) electrons. The van der Waals surface area contributed by atoms with E-state index < -0.39 is 56.0 Å². The van der Waals surface area contributed by atoms with E-state index in [2.05, 4.69) is 10.0 Å². The minimum atomic E-state index is -2.90. The van der Waals surface area contributed by atoms with Crippen molar-refractivity contribution in [1.82, 2.24) is 4.90 Å². The molecule has 6 rings (SSSR count). The number of fused-ring (bicyclic) bond motifs is 1. The number of nitrogens with zero attached hydrogens (tertiary/aromatic N) is 4. The number of amides is 2. The highest BCUT2D eigenvalue weighted by Crippen LogP contribution is 2.42. The van der Waals surface area contributed by atoms with Gasteiger partial charge in [-0.05, 0) is 50.4 Å². The molecule has 0 aliphatic carbocycles. The number of carbonyl (C=O) groups excluding carboxylic acids is 2. The lowest BCUT2D eigenvalue weighted by Crippen LogP contribution is -2.80. The van der Waals surface area contributed by atoms with Crippen molar-refractivity contribution in [3.63, 3.8) is 0 Å². The van der Waals surface area contributed by atoms with Crippen LogP contribution in [0.15, 0.2) is 120 Å². The molecule has 12 heteroatoms. The van der Waals surface area contributed by atoms with Gasteiger partial charge in [0.25, 0.3) is 11.8 Å². The summed E-state index contributed by atoms with van der Waals surface area (Å²) in [7, 11) is -2.90. The Bertz CT molecular complexity index is 1800. The fourth-order valence-electron chi connectivity index (χ4n) is 7.01. The number of hydrogen-bond acceptors (Lipinski definition) is 8. The summed E-state index contributed by atoms with van der Waals surface area (Å²) >= 11 is 0. The Hall–Kier alpha value is -4.65. The quantitative estimate of drug-likeness (QED) is 0.0492. The van der Waals surface area contributed by atoms with Crippen LogP contribution in [0.2, 0.25) is 0 Å². The van der Waals surface area contributed by atoms with E-state index in [0.717, 1.165) is 15.9 Å². The normalized spacial score (nSPS) is 23.1. The first-order chi connectivity index (χ1) is 25.1. The lowest BCUT2D eigenvalue weighted by molar-refractivity contribution is -0.317. The number of aliphatic hydroxyl groups excluding tert-OH is 1. The van der Waals surface area contributed by atoms with Gasteiger partial charge in [-0.15, -0.1) is 0 Å². The zero-order valence-corrected chi connectivity index (χ0v) is 30.7. The molecule has 0 aromatic heterocycles. The Morgan fingerprint density at radius 3 is 1.94 bits per heavy atom. The SMILES string of the molecule is CC(C)(C)OC[C@H]1O[C@](OCCCN=[N+]=[N-])([SiH](c2ccccc2)c2ccccc2)[C@H](N2C(=O)c3ccccc3C2=O)[C@@H](OCc2ccccc2)[C@@H]1O. The summed E-state index contributed by atoms with van der Waals surface area (Å²) in [4.78, 5) is 33.2. The van der Waals surface area contributed by atoms with E-state index in [0.29, 0.717) is 6.42 Å².